The number of thioether (sulfide) groups is 1. The van der Waals surface area contributed by atoms with E-state index in [9.17, 15) is 18.0 Å². The number of pyridine rings is 1. The zero-order valence-electron chi connectivity index (χ0n) is 10.4. The van der Waals surface area contributed by atoms with Crippen LogP contribution in [0.2, 0.25) is 0 Å². The first kappa shape index (κ1) is 15.1. The van der Waals surface area contributed by atoms with Gasteiger partial charge in [0.25, 0.3) is 0 Å². The molecule has 0 saturated carbocycles. The van der Waals surface area contributed by atoms with Crippen molar-refractivity contribution in [2.45, 2.75) is 18.1 Å². The van der Waals surface area contributed by atoms with Crippen LogP contribution < -0.4 is 0 Å². The Morgan fingerprint density at radius 3 is 2.55 bits per heavy atom. The predicted molar refractivity (Wildman–Crippen MR) is 73.3 cm³/mol. The van der Waals surface area contributed by atoms with E-state index in [-0.39, 0.29) is 11.5 Å². The fourth-order valence-corrected chi connectivity index (χ4v) is 3.05. The largest absolute Gasteiger partial charge is 0.417 e. The summed E-state index contributed by atoms with van der Waals surface area (Å²) < 4.78 is 37.1. The van der Waals surface area contributed by atoms with Gasteiger partial charge in [0.15, 0.2) is 5.78 Å². The second-order valence-corrected chi connectivity index (χ2v) is 6.29. The molecule has 2 nitrogen and oxygen atoms in total. The van der Waals surface area contributed by atoms with Gasteiger partial charge in [-0.15, -0.1) is 11.3 Å². The molecule has 0 radical (unpaired) electrons. The Morgan fingerprint density at radius 2 is 2.05 bits per heavy atom. The smallest absolute Gasteiger partial charge is 0.292 e. The second-order valence-electron chi connectivity index (χ2n) is 4.01. The molecule has 0 aliphatic heterocycles. The van der Waals surface area contributed by atoms with E-state index < -0.39 is 11.7 Å². The van der Waals surface area contributed by atoms with Crippen LogP contribution in [0.3, 0.4) is 0 Å². The van der Waals surface area contributed by atoms with Crippen molar-refractivity contribution in [3.63, 3.8) is 0 Å². The number of hydrogen-bond acceptors (Lipinski definition) is 4. The van der Waals surface area contributed by atoms with Gasteiger partial charge in [-0.3, -0.25) is 4.79 Å². The Kier molecular flexibility index (Phi) is 4.49. The number of carbonyl (C=O) groups is 1. The van der Waals surface area contributed by atoms with Gasteiger partial charge in [0.1, 0.15) is 0 Å². The van der Waals surface area contributed by atoms with Crippen LogP contribution in [-0.4, -0.2) is 16.5 Å². The van der Waals surface area contributed by atoms with Gasteiger partial charge in [-0.25, -0.2) is 4.98 Å². The highest BCUT2D eigenvalue weighted by Crippen LogP contribution is 2.29. The Labute approximate surface area is 122 Å². The Balaban J connectivity index is 1.96. The fraction of sp³-hybridized carbons (Fsp3) is 0.231. The standard InChI is InChI=1S/C13H10F3NOS2/c1-8-2-4-11(20-8)10(18)7-19-12-5-3-9(6-17-12)13(14,15)16/h2-6H,7H2,1H3. The van der Waals surface area contributed by atoms with Crippen LogP contribution in [0.4, 0.5) is 13.2 Å². The SMILES string of the molecule is Cc1ccc(C(=O)CSc2ccc(C(F)(F)F)cn2)s1. The summed E-state index contributed by atoms with van der Waals surface area (Å²) in [6, 6.07) is 5.86. The lowest BCUT2D eigenvalue weighted by molar-refractivity contribution is -0.137. The number of aromatic nitrogens is 1. The maximum absolute atomic E-state index is 12.4. The minimum atomic E-state index is -4.39. The number of thiophene rings is 1. The number of alkyl halides is 3. The molecule has 0 atom stereocenters. The van der Waals surface area contributed by atoms with E-state index in [2.05, 4.69) is 4.98 Å². The van der Waals surface area contributed by atoms with Gasteiger partial charge in [0.2, 0.25) is 0 Å². The molecule has 0 aliphatic rings. The Morgan fingerprint density at radius 1 is 1.30 bits per heavy atom. The molecule has 0 saturated heterocycles. The molecule has 2 aromatic rings. The summed E-state index contributed by atoms with van der Waals surface area (Å²) in [6.07, 6.45) is -3.61. The molecule has 0 unspecified atom stereocenters. The van der Waals surface area contributed by atoms with E-state index >= 15 is 0 Å². The van der Waals surface area contributed by atoms with Crippen LogP contribution >= 0.6 is 23.1 Å². The summed E-state index contributed by atoms with van der Waals surface area (Å²) in [4.78, 5) is 17.3. The van der Waals surface area contributed by atoms with Crippen LogP contribution in [0.5, 0.6) is 0 Å². The summed E-state index contributed by atoms with van der Waals surface area (Å²) >= 11 is 2.54. The van der Waals surface area contributed by atoms with Crippen molar-refractivity contribution in [1.29, 1.82) is 0 Å². The third kappa shape index (κ3) is 3.83. The van der Waals surface area contributed by atoms with Gasteiger partial charge in [-0.1, -0.05) is 11.8 Å². The van der Waals surface area contributed by atoms with Crippen LogP contribution in [-0.2, 0) is 6.18 Å². The van der Waals surface area contributed by atoms with E-state index in [1.807, 2.05) is 13.0 Å². The Hall–Kier alpha value is -1.34. The molecule has 0 spiro atoms. The van der Waals surface area contributed by atoms with Crippen molar-refractivity contribution in [2.24, 2.45) is 0 Å². The number of nitrogens with zero attached hydrogens (tertiary/aromatic N) is 1. The molecule has 7 heteroatoms. The number of ketones is 1. The molecule has 0 bridgehead atoms. The zero-order valence-corrected chi connectivity index (χ0v) is 12.0. The molecular weight excluding hydrogens is 307 g/mol. The molecule has 0 aliphatic carbocycles. The highest BCUT2D eigenvalue weighted by atomic mass is 32.2. The molecule has 20 heavy (non-hydrogen) atoms. The highest BCUT2D eigenvalue weighted by Gasteiger charge is 2.30. The number of halogens is 3. The highest BCUT2D eigenvalue weighted by molar-refractivity contribution is 7.99. The third-order valence-electron chi connectivity index (χ3n) is 2.43. The minimum absolute atomic E-state index is 0.0465. The van der Waals surface area contributed by atoms with Gasteiger partial charge >= 0.3 is 6.18 Å². The van der Waals surface area contributed by atoms with Crippen LogP contribution in [0, 0.1) is 6.92 Å². The first-order chi connectivity index (χ1) is 9.36. The topological polar surface area (TPSA) is 30.0 Å². The number of Topliss-reactive ketones (excluding diaryl/α,β-unsaturated/α-hetero) is 1. The molecule has 2 rings (SSSR count). The van der Waals surface area contributed by atoms with E-state index in [0.29, 0.717) is 9.90 Å². The number of aryl methyl sites for hydroxylation is 1. The minimum Gasteiger partial charge on any atom is -0.292 e. The molecule has 2 aromatic heterocycles. The quantitative estimate of drug-likeness (QED) is 0.616. The summed E-state index contributed by atoms with van der Waals surface area (Å²) in [6.45, 7) is 1.91. The first-order valence-electron chi connectivity index (χ1n) is 5.62. The van der Waals surface area contributed by atoms with Crippen LogP contribution in [0.1, 0.15) is 20.1 Å². The maximum atomic E-state index is 12.4. The summed E-state index contributed by atoms with van der Waals surface area (Å²) in [5.74, 6) is 0.119. The van der Waals surface area contributed by atoms with Crippen LogP contribution in [0.15, 0.2) is 35.5 Å². The van der Waals surface area contributed by atoms with Crippen molar-refractivity contribution < 1.29 is 18.0 Å². The van der Waals surface area contributed by atoms with E-state index in [4.69, 9.17) is 0 Å². The third-order valence-corrected chi connectivity index (χ3v) is 4.42. The molecule has 0 aromatic carbocycles. The number of rotatable bonds is 4. The normalized spacial score (nSPS) is 11.6. The molecule has 2 heterocycles. The predicted octanol–water partition coefficient (Wildman–Crippen LogP) is 4.45. The lowest BCUT2D eigenvalue weighted by Gasteiger charge is -2.06. The monoisotopic (exact) mass is 317 g/mol. The van der Waals surface area contributed by atoms with Gasteiger partial charge in [0.05, 0.1) is 21.2 Å². The molecular formula is C13H10F3NOS2. The van der Waals surface area contributed by atoms with Crippen LogP contribution in [0.25, 0.3) is 0 Å². The van der Waals surface area contributed by atoms with E-state index in [0.717, 1.165) is 28.9 Å². The second kappa shape index (κ2) is 5.97. The number of hydrogen-bond donors (Lipinski definition) is 0. The van der Waals surface area contributed by atoms with Crippen molar-refractivity contribution >= 4 is 28.9 Å². The maximum Gasteiger partial charge on any atom is 0.417 e. The van der Waals surface area contributed by atoms with Gasteiger partial charge in [-0.2, -0.15) is 13.2 Å². The average Bonchev–Trinajstić information content (AvgIpc) is 2.82. The van der Waals surface area contributed by atoms with Crippen molar-refractivity contribution in [3.05, 3.63) is 45.8 Å². The zero-order chi connectivity index (χ0) is 14.8. The summed E-state index contributed by atoms with van der Waals surface area (Å²) in [5, 5.41) is 0.402. The first-order valence-corrected chi connectivity index (χ1v) is 7.42. The van der Waals surface area contributed by atoms with Crippen molar-refractivity contribution in [3.8, 4) is 0 Å². The number of carbonyl (C=O) groups excluding carboxylic acids is 1. The molecule has 106 valence electrons. The summed E-state index contributed by atoms with van der Waals surface area (Å²) in [7, 11) is 0. The molecule has 0 N–H and O–H groups in total. The van der Waals surface area contributed by atoms with Crippen molar-refractivity contribution in [2.75, 3.05) is 5.75 Å². The van der Waals surface area contributed by atoms with Crippen molar-refractivity contribution in [1.82, 2.24) is 4.98 Å². The van der Waals surface area contributed by atoms with E-state index in [1.54, 1.807) is 6.07 Å². The van der Waals surface area contributed by atoms with Gasteiger partial charge in [0, 0.05) is 11.1 Å². The average molecular weight is 317 g/mol. The summed E-state index contributed by atoms with van der Waals surface area (Å²) in [5.41, 5.74) is -0.790. The molecule has 0 fully saturated rings. The fourth-order valence-electron chi connectivity index (χ4n) is 1.43. The van der Waals surface area contributed by atoms with Gasteiger partial charge < -0.3 is 0 Å². The molecule has 0 amide bonds. The van der Waals surface area contributed by atoms with E-state index in [1.165, 1.54) is 17.4 Å². The van der Waals surface area contributed by atoms with Gasteiger partial charge in [-0.05, 0) is 31.2 Å². The lowest BCUT2D eigenvalue weighted by Crippen LogP contribution is -2.05. The Bertz CT molecular complexity index is 605. The lowest BCUT2D eigenvalue weighted by atomic mass is 10.3.